The summed E-state index contributed by atoms with van der Waals surface area (Å²) in [4.78, 5) is 1.05. The van der Waals surface area contributed by atoms with E-state index in [1.54, 1.807) is 28.6 Å². The molecule has 0 aliphatic heterocycles. The lowest BCUT2D eigenvalue weighted by Gasteiger charge is -2.01. The number of rotatable bonds is 6. The number of halogens is 2. The maximum atomic E-state index is 12.7. The van der Waals surface area contributed by atoms with Crippen molar-refractivity contribution in [1.29, 1.82) is 0 Å². The maximum Gasteiger partial charge on any atom is 0.123 e. The van der Waals surface area contributed by atoms with Crippen LogP contribution in [0.1, 0.15) is 5.69 Å². The van der Waals surface area contributed by atoms with Crippen molar-refractivity contribution in [3.8, 4) is 0 Å². The first-order valence-corrected chi connectivity index (χ1v) is 7.13. The lowest BCUT2D eigenvalue weighted by atomic mass is 10.4. The third kappa shape index (κ3) is 3.99. The van der Waals surface area contributed by atoms with E-state index in [9.17, 15) is 4.39 Å². The minimum absolute atomic E-state index is 0.207. The molecule has 0 atom stereocenters. The molecule has 0 unspecified atom stereocenters. The van der Waals surface area contributed by atoms with Crippen molar-refractivity contribution in [2.24, 2.45) is 0 Å². The highest BCUT2D eigenvalue weighted by Gasteiger charge is 2.00. The van der Waals surface area contributed by atoms with Gasteiger partial charge in [0.15, 0.2) is 0 Å². The van der Waals surface area contributed by atoms with E-state index in [1.165, 1.54) is 12.1 Å². The molecule has 0 aliphatic rings. The summed E-state index contributed by atoms with van der Waals surface area (Å²) in [6.07, 6.45) is 2.65. The molecule has 2 rings (SSSR count). The Morgan fingerprint density at radius 1 is 1.28 bits per heavy atom. The molecule has 1 heterocycles. The largest absolute Gasteiger partial charge is 0.251 e. The molecular formula is C12H13ClFN3S. The van der Waals surface area contributed by atoms with Gasteiger partial charge in [-0.2, -0.15) is 0 Å². The van der Waals surface area contributed by atoms with Gasteiger partial charge in [-0.05, 0) is 24.3 Å². The van der Waals surface area contributed by atoms with E-state index in [0.29, 0.717) is 5.88 Å². The SMILES string of the molecule is Fc1ccc(SCCn2cc(CCCl)nn2)cc1. The minimum atomic E-state index is -0.207. The van der Waals surface area contributed by atoms with E-state index in [1.807, 2.05) is 6.20 Å². The summed E-state index contributed by atoms with van der Waals surface area (Å²) < 4.78 is 14.5. The predicted molar refractivity (Wildman–Crippen MR) is 71.6 cm³/mol. The predicted octanol–water partition coefficient (Wildman–Crippen LogP) is 2.99. The molecule has 96 valence electrons. The summed E-state index contributed by atoms with van der Waals surface area (Å²) in [5, 5.41) is 8.03. The van der Waals surface area contributed by atoms with E-state index in [4.69, 9.17) is 11.6 Å². The highest BCUT2D eigenvalue weighted by atomic mass is 35.5. The van der Waals surface area contributed by atoms with Crippen molar-refractivity contribution >= 4 is 23.4 Å². The van der Waals surface area contributed by atoms with E-state index in [0.717, 1.165) is 29.3 Å². The van der Waals surface area contributed by atoms with Gasteiger partial charge in [-0.1, -0.05) is 5.21 Å². The first kappa shape index (κ1) is 13.4. The van der Waals surface area contributed by atoms with Crippen LogP contribution in [0.5, 0.6) is 0 Å². The van der Waals surface area contributed by atoms with E-state index < -0.39 is 0 Å². The topological polar surface area (TPSA) is 30.7 Å². The van der Waals surface area contributed by atoms with Crippen molar-refractivity contribution in [2.75, 3.05) is 11.6 Å². The second-order valence-corrected chi connectivity index (χ2v) is 5.26. The highest BCUT2D eigenvalue weighted by Crippen LogP contribution is 2.18. The maximum absolute atomic E-state index is 12.7. The molecule has 18 heavy (non-hydrogen) atoms. The molecule has 3 nitrogen and oxygen atoms in total. The van der Waals surface area contributed by atoms with Gasteiger partial charge < -0.3 is 0 Å². The van der Waals surface area contributed by atoms with Crippen molar-refractivity contribution in [1.82, 2.24) is 15.0 Å². The summed E-state index contributed by atoms with van der Waals surface area (Å²) in [5.41, 5.74) is 0.914. The number of aryl methyl sites for hydroxylation is 2. The van der Waals surface area contributed by atoms with Gasteiger partial charge in [0.05, 0.1) is 12.2 Å². The number of hydrogen-bond donors (Lipinski definition) is 0. The van der Waals surface area contributed by atoms with E-state index >= 15 is 0 Å². The lowest BCUT2D eigenvalue weighted by molar-refractivity contribution is 0.626. The smallest absolute Gasteiger partial charge is 0.123 e. The van der Waals surface area contributed by atoms with Gasteiger partial charge in [0.25, 0.3) is 0 Å². The lowest BCUT2D eigenvalue weighted by Crippen LogP contribution is -2.01. The molecule has 1 aromatic heterocycles. The third-order valence-electron chi connectivity index (χ3n) is 2.34. The van der Waals surface area contributed by atoms with Crippen molar-refractivity contribution in [3.05, 3.63) is 42.0 Å². The fourth-order valence-electron chi connectivity index (χ4n) is 1.45. The molecule has 0 fully saturated rings. The van der Waals surface area contributed by atoms with Crippen molar-refractivity contribution < 1.29 is 4.39 Å². The normalized spacial score (nSPS) is 10.8. The fraction of sp³-hybridized carbons (Fsp3) is 0.333. The van der Waals surface area contributed by atoms with Crippen LogP contribution < -0.4 is 0 Å². The molecule has 0 aliphatic carbocycles. The summed E-state index contributed by atoms with van der Waals surface area (Å²) in [6, 6.07) is 6.49. The quantitative estimate of drug-likeness (QED) is 0.604. The number of thioether (sulfide) groups is 1. The van der Waals surface area contributed by atoms with Gasteiger partial charge >= 0.3 is 0 Å². The van der Waals surface area contributed by atoms with Crippen LogP contribution in [0.4, 0.5) is 4.39 Å². The summed E-state index contributed by atoms with van der Waals surface area (Å²) in [5.74, 6) is 1.22. The molecular weight excluding hydrogens is 273 g/mol. The van der Waals surface area contributed by atoms with Crippen molar-refractivity contribution in [2.45, 2.75) is 17.9 Å². The number of hydrogen-bond acceptors (Lipinski definition) is 3. The zero-order valence-electron chi connectivity index (χ0n) is 9.72. The average Bonchev–Trinajstić information content (AvgIpc) is 2.80. The first-order chi connectivity index (χ1) is 8.78. The van der Waals surface area contributed by atoms with Gasteiger partial charge in [0.1, 0.15) is 5.82 Å². The van der Waals surface area contributed by atoms with E-state index in [2.05, 4.69) is 10.3 Å². The fourth-order valence-corrected chi connectivity index (χ4v) is 2.48. The molecule has 0 amide bonds. The van der Waals surface area contributed by atoms with Crippen LogP contribution in [0.3, 0.4) is 0 Å². The van der Waals surface area contributed by atoms with Crippen LogP contribution in [0, 0.1) is 5.82 Å². The van der Waals surface area contributed by atoms with Gasteiger partial charge in [-0.3, -0.25) is 4.68 Å². The second kappa shape index (κ2) is 6.75. The van der Waals surface area contributed by atoms with Gasteiger partial charge in [0, 0.05) is 29.1 Å². The molecule has 0 saturated heterocycles. The summed E-state index contributed by atoms with van der Waals surface area (Å²) in [7, 11) is 0. The van der Waals surface area contributed by atoms with Crippen LogP contribution >= 0.6 is 23.4 Å². The Labute approximate surface area is 114 Å². The Bertz CT molecular complexity index is 486. The Balaban J connectivity index is 1.79. The zero-order valence-corrected chi connectivity index (χ0v) is 11.3. The summed E-state index contributed by atoms with van der Waals surface area (Å²) in [6.45, 7) is 0.775. The first-order valence-electron chi connectivity index (χ1n) is 5.61. The molecule has 0 spiro atoms. The number of nitrogens with zero attached hydrogens (tertiary/aromatic N) is 3. The average molecular weight is 286 g/mol. The molecule has 6 heteroatoms. The minimum Gasteiger partial charge on any atom is -0.251 e. The zero-order chi connectivity index (χ0) is 12.8. The Morgan fingerprint density at radius 3 is 2.78 bits per heavy atom. The second-order valence-electron chi connectivity index (χ2n) is 3.71. The monoisotopic (exact) mass is 285 g/mol. The van der Waals surface area contributed by atoms with Gasteiger partial charge in [-0.15, -0.1) is 28.5 Å². The molecule has 0 saturated carbocycles. The van der Waals surface area contributed by atoms with E-state index in [-0.39, 0.29) is 5.82 Å². The Hall–Kier alpha value is -1.07. The van der Waals surface area contributed by atoms with Crippen molar-refractivity contribution in [3.63, 3.8) is 0 Å². The number of alkyl halides is 1. The molecule has 1 aromatic carbocycles. The Morgan fingerprint density at radius 2 is 2.06 bits per heavy atom. The highest BCUT2D eigenvalue weighted by molar-refractivity contribution is 7.99. The van der Waals surface area contributed by atoms with Gasteiger partial charge in [-0.25, -0.2) is 4.39 Å². The van der Waals surface area contributed by atoms with Gasteiger partial charge in [0.2, 0.25) is 0 Å². The van der Waals surface area contributed by atoms with Crippen LogP contribution in [0.2, 0.25) is 0 Å². The number of aromatic nitrogens is 3. The molecule has 0 N–H and O–H groups in total. The molecule has 0 radical (unpaired) electrons. The summed E-state index contributed by atoms with van der Waals surface area (Å²) >= 11 is 7.30. The van der Waals surface area contributed by atoms with Crippen LogP contribution in [-0.2, 0) is 13.0 Å². The van der Waals surface area contributed by atoms with Crippen LogP contribution in [-0.4, -0.2) is 26.6 Å². The van der Waals surface area contributed by atoms with Crippen LogP contribution in [0.25, 0.3) is 0 Å². The molecule has 2 aromatic rings. The number of benzene rings is 1. The third-order valence-corrected chi connectivity index (χ3v) is 3.52. The Kier molecular flexibility index (Phi) is 5.01. The standard InChI is InChI=1S/C12H13ClFN3S/c13-6-5-11-9-17(16-15-11)7-8-18-12-3-1-10(14)2-4-12/h1-4,9H,5-8H2. The molecule has 0 bridgehead atoms. The van der Waals surface area contributed by atoms with Crippen LogP contribution in [0.15, 0.2) is 35.4 Å².